The number of amides is 2. The highest BCUT2D eigenvalue weighted by Gasteiger charge is 2.24. The van der Waals surface area contributed by atoms with Gasteiger partial charge in [0, 0.05) is 0 Å². The normalized spacial score (nSPS) is 12.0. The second kappa shape index (κ2) is 12.0. The van der Waals surface area contributed by atoms with E-state index in [1.165, 1.54) is 0 Å². The molecule has 1 rings (SSSR count). The molecule has 4 N–H and O–H groups in total. The molecule has 1 atom stereocenters. The largest absolute Gasteiger partial charge is 0.460 e. The summed E-state index contributed by atoms with van der Waals surface area (Å²) in [5, 5.41) is 5.05. The molecular weight excluding hydrogens is 362 g/mol. The maximum absolute atomic E-state index is 12.4. The van der Waals surface area contributed by atoms with Crippen molar-refractivity contribution in [3.8, 4) is 0 Å². The maximum atomic E-state index is 12.4. The summed E-state index contributed by atoms with van der Waals surface area (Å²) in [7, 11) is 0. The Morgan fingerprint density at radius 2 is 1.79 bits per heavy atom. The van der Waals surface area contributed by atoms with Crippen LogP contribution in [0.3, 0.4) is 0 Å². The molecule has 1 aromatic carbocycles. The first-order valence-electron chi connectivity index (χ1n) is 9.38. The lowest BCUT2D eigenvalue weighted by molar-refractivity contribution is -0.145. The van der Waals surface area contributed by atoms with E-state index in [2.05, 4.69) is 10.6 Å². The van der Waals surface area contributed by atoms with Gasteiger partial charge in [0.05, 0.1) is 0 Å². The molecule has 0 fully saturated rings. The summed E-state index contributed by atoms with van der Waals surface area (Å²) in [6.07, 6.45) is 1.08. The van der Waals surface area contributed by atoms with Crippen LogP contribution in [0.4, 0.5) is 4.79 Å². The average Bonchev–Trinajstić information content (AvgIpc) is 2.63. The molecule has 8 heteroatoms. The number of nitrogens with two attached hydrogens (primary N) is 1. The molecule has 0 saturated carbocycles. The van der Waals surface area contributed by atoms with Gasteiger partial charge in [0.1, 0.15) is 24.8 Å². The molecule has 0 aromatic heterocycles. The van der Waals surface area contributed by atoms with Crippen molar-refractivity contribution in [1.29, 1.82) is 0 Å². The van der Waals surface area contributed by atoms with Crippen molar-refractivity contribution in [1.82, 2.24) is 10.6 Å². The summed E-state index contributed by atoms with van der Waals surface area (Å²) in [6, 6.07) is 8.42. The molecule has 8 nitrogen and oxygen atoms in total. The predicted molar refractivity (Wildman–Crippen MR) is 105 cm³/mol. The number of carbonyl (C=O) groups is 3. The molecule has 2 amide bonds. The number of unbranched alkanes of at least 4 members (excludes halogenated alkanes) is 1. The lowest BCUT2D eigenvalue weighted by atomic mass is 10.1. The SMILES string of the molecule is CC(C)(C)OC(=O)NC(CCCCN)C(=O)NCC(=O)OCc1ccccc1. The minimum atomic E-state index is -0.816. The van der Waals surface area contributed by atoms with Gasteiger partial charge in [-0.25, -0.2) is 4.79 Å². The Kier molecular flexibility index (Phi) is 10.0. The van der Waals surface area contributed by atoms with Crippen LogP contribution < -0.4 is 16.4 Å². The fourth-order valence-corrected chi connectivity index (χ4v) is 2.28. The molecule has 0 aliphatic heterocycles. The summed E-state index contributed by atoms with van der Waals surface area (Å²) in [4.78, 5) is 36.2. The summed E-state index contributed by atoms with van der Waals surface area (Å²) < 4.78 is 10.3. The zero-order chi connectivity index (χ0) is 21.0. The van der Waals surface area contributed by atoms with Gasteiger partial charge in [0.15, 0.2) is 0 Å². The summed E-state index contributed by atoms with van der Waals surface area (Å²) in [5.41, 5.74) is 5.66. The molecule has 0 saturated heterocycles. The first-order chi connectivity index (χ1) is 13.2. The van der Waals surface area contributed by atoms with Crippen molar-refractivity contribution in [2.45, 2.75) is 58.3 Å². The average molecular weight is 393 g/mol. The number of nitrogens with one attached hydrogen (secondary N) is 2. The van der Waals surface area contributed by atoms with Crippen LogP contribution in [0.25, 0.3) is 0 Å². The monoisotopic (exact) mass is 393 g/mol. The van der Waals surface area contributed by atoms with E-state index in [0.29, 0.717) is 19.4 Å². The van der Waals surface area contributed by atoms with Crippen LogP contribution in [0.5, 0.6) is 0 Å². The molecule has 0 spiro atoms. The second-order valence-corrected chi connectivity index (χ2v) is 7.35. The van der Waals surface area contributed by atoms with Crippen molar-refractivity contribution >= 4 is 18.0 Å². The van der Waals surface area contributed by atoms with Crippen LogP contribution >= 0.6 is 0 Å². The Morgan fingerprint density at radius 3 is 2.39 bits per heavy atom. The molecule has 1 unspecified atom stereocenters. The van der Waals surface area contributed by atoms with Crippen LogP contribution in [0.1, 0.15) is 45.6 Å². The van der Waals surface area contributed by atoms with E-state index < -0.39 is 29.6 Å². The number of ether oxygens (including phenoxy) is 2. The molecule has 0 heterocycles. The third-order valence-electron chi connectivity index (χ3n) is 3.60. The number of benzene rings is 1. The third-order valence-corrected chi connectivity index (χ3v) is 3.60. The number of carbonyl (C=O) groups excluding carboxylic acids is 3. The smallest absolute Gasteiger partial charge is 0.408 e. The lowest BCUT2D eigenvalue weighted by Gasteiger charge is -2.23. The number of alkyl carbamates (subject to hydrolysis) is 1. The van der Waals surface area contributed by atoms with E-state index in [-0.39, 0.29) is 13.2 Å². The zero-order valence-electron chi connectivity index (χ0n) is 16.8. The molecule has 0 radical (unpaired) electrons. The van der Waals surface area contributed by atoms with E-state index in [4.69, 9.17) is 15.2 Å². The highest BCUT2D eigenvalue weighted by molar-refractivity contribution is 5.88. The van der Waals surface area contributed by atoms with Crippen molar-refractivity contribution in [3.05, 3.63) is 35.9 Å². The van der Waals surface area contributed by atoms with Crippen LogP contribution in [0, 0.1) is 0 Å². The van der Waals surface area contributed by atoms with Crippen molar-refractivity contribution < 1.29 is 23.9 Å². The maximum Gasteiger partial charge on any atom is 0.408 e. The van der Waals surface area contributed by atoms with Crippen LogP contribution in [-0.4, -0.2) is 42.7 Å². The Morgan fingerprint density at radius 1 is 1.11 bits per heavy atom. The Balaban J connectivity index is 2.49. The number of esters is 1. The van der Waals surface area contributed by atoms with E-state index >= 15 is 0 Å². The molecule has 0 aliphatic carbocycles. The number of hydrogen-bond acceptors (Lipinski definition) is 6. The lowest BCUT2D eigenvalue weighted by Crippen LogP contribution is -2.49. The molecule has 0 bridgehead atoms. The minimum Gasteiger partial charge on any atom is -0.460 e. The highest BCUT2D eigenvalue weighted by Crippen LogP contribution is 2.08. The first kappa shape index (κ1) is 23.4. The Bertz CT molecular complexity index is 628. The fraction of sp³-hybridized carbons (Fsp3) is 0.550. The van der Waals surface area contributed by atoms with E-state index in [9.17, 15) is 14.4 Å². The molecule has 156 valence electrons. The van der Waals surface area contributed by atoms with E-state index in [0.717, 1.165) is 12.0 Å². The zero-order valence-corrected chi connectivity index (χ0v) is 16.8. The van der Waals surface area contributed by atoms with Crippen molar-refractivity contribution in [2.75, 3.05) is 13.1 Å². The Hall–Kier alpha value is -2.61. The van der Waals surface area contributed by atoms with Gasteiger partial charge in [-0.15, -0.1) is 0 Å². The third kappa shape index (κ3) is 10.5. The first-order valence-corrected chi connectivity index (χ1v) is 9.38. The summed E-state index contributed by atoms with van der Waals surface area (Å²) in [5.74, 6) is -1.03. The van der Waals surface area contributed by atoms with Gasteiger partial charge in [-0.3, -0.25) is 9.59 Å². The summed E-state index contributed by atoms with van der Waals surface area (Å²) in [6.45, 7) is 5.55. The Labute approximate surface area is 166 Å². The van der Waals surface area contributed by atoms with Crippen molar-refractivity contribution in [3.63, 3.8) is 0 Å². The summed E-state index contributed by atoms with van der Waals surface area (Å²) >= 11 is 0. The van der Waals surface area contributed by atoms with Gasteiger partial charge >= 0.3 is 12.1 Å². The van der Waals surface area contributed by atoms with E-state index in [1.54, 1.807) is 20.8 Å². The van der Waals surface area contributed by atoms with Gasteiger partial charge in [-0.05, 0) is 52.1 Å². The second-order valence-electron chi connectivity index (χ2n) is 7.35. The van der Waals surface area contributed by atoms with Crippen molar-refractivity contribution in [2.24, 2.45) is 5.73 Å². The quantitative estimate of drug-likeness (QED) is 0.412. The van der Waals surface area contributed by atoms with E-state index in [1.807, 2.05) is 30.3 Å². The van der Waals surface area contributed by atoms with Crippen LogP contribution in [0.2, 0.25) is 0 Å². The van der Waals surface area contributed by atoms with Gasteiger partial charge < -0.3 is 25.8 Å². The fourth-order valence-electron chi connectivity index (χ4n) is 2.28. The highest BCUT2D eigenvalue weighted by atomic mass is 16.6. The molecular formula is C20H31N3O5. The number of hydrogen-bond donors (Lipinski definition) is 3. The van der Waals surface area contributed by atoms with Crippen LogP contribution in [0.15, 0.2) is 30.3 Å². The topological polar surface area (TPSA) is 120 Å². The van der Waals surface area contributed by atoms with Gasteiger partial charge in [-0.2, -0.15) is 0 Å². The predicted octanol–water partition coefficient (Wildman–Crippen LogP) is 1.87. The number of rotatable bonds is 10. The molecule has 28 heavy (non-hydrogen) atoms. The van der Waals surface area contributed by atoms with Gasteiger partial charge in [0.25, 0.3) is 0 Å². The minimum absolute atomic E-state index is 0.131. The van der Waals surface area contributed by atoms with Gasteiger partial charge in [0.2, 0.25) is 5.91 Å². The van der Waals surface area contributed by atoms with Gasteiger partial charge in [-0.1, -0.05) is 30.3 Å². The standard InChI is InChI=1S/C20H31N3O5/c1-20(2,3)28-19(26)23-16(11-7-8-12-21)18(25)22-13-17(24)27-14-15-9-5-4-6-10-15/h4-6,9-10,16H,7-8,11-14,21H2,1-3H3,(H,22,25)(H,23,26). The van der Waals surface area contributed by atoms with Crippen LogP contribution in [-0.2, 0) is 25.7 Å². The molecule has 0 aliphatic rings. The molecule has 1 aromatic rings.